The first kappa shape index (κ1) is 12.6. The lowest BCUT2D eigenvalue weighted by Gasteiger charge is -2.43. The number of morpholine rings is 1. The van der Waals surface area contributed by atoms with Gasteiger partial charge in [-0.05, 0) is 20.8 Å². The van der Waals surface area contributed by atoms with E-state index in [4.69, 9.17) is 9.47 Å². The molecule has 2 fully saturated rings. The van der Waals surface area contributed by atoms with E-state index in [1.807, 2.05) is 20.8 Å². The molecule has 1 N–H and O–H groups in total. The van der Waals surface area contributed by atoms with E-state index in [0.29, 0.717) is 25.9 Å². The van der Waals surface area contributed by atoms with Crippen LogP contribution in [0.3, 0.4) is 0 Å². The maximum atomic E-state index is 11.9. The molecule has 0 aromatic rings. The molecule has 2 rings (SSSR count). The van der Waals surface area contributed by atoms with Gasteiger partial charge < -0.3 is 19.5 Å². The van der Waals surface area contributed by atoms with Crippen molar-refractivity contribution in [2.24, 2.45) is 0 Å². The molecule has 5 nitrogen and oxygen atoms in total. The van der Waals surface area contributed by atoms with Gasteiger partial charge in [-0.15, -0.1) is 0 Å². The molecule has 2 aliphatic rings. The highest BCUT2D eigenvalue weighted by molar-refractivity contribution is 5.68. The molecule has 2 unspecified atom stereocenters. The van der Waals surface area contributed by atoms with Gasteiger partial charge in [-0.25, -0.2) is 4.79 Å². The summed E-state index contributed by atoms with van der Waals surface area (Å²) in [5.41, 5.74) is -0.468. The smallest absolute Gasteiger partial charge is 0.410 e. The van der Waals surface area contributed by atoms with Gasteiger partial charge in [-0.3, -0.25) is 0 Å². The van der Waals surface area contributed by atoms with Crippen molar-refractivity contribution in [2.45, 2.75) is 57.5 Å². The van der Waals surface area contributed by atoms with Crippen LogP contribution in [0.1, 0.15) is 33.6 Å². The number of rotatable bonds is 0. The Bertz CT molecular complexity index is 281. The van der Waals surface area contributed by atoms with E-state index in [2.05, 4.69) is 0 Å². The van der Waals surface area contributed by atoms with Crippen molar-refractivity contribution in [3.05, 3.63) is 0 Å². The van der Waals surface area contributed by atoms with Crippen LogP contribution in [0.15, 0.2) is 0 Å². The van der Waals surface area contributed by atoms with E-state index in [-0.39, 0.29) is 24.4 Å². The van der Waals surface area contributed by atoms with Crippen molar-refractivity contribution in [3.8, 4) is 0 Å². The Hall–Kier alpha value is -0.810. The highest BCUT2D eigenvalue weighted by atomic mass is 16.6. The first-order chi connectivity index (χ1) is 7.83. The summed E-state index contributed by atoms with van der Waals surface area (Å²) >= 11 is 0. The lowest BCUT2D eigenvalue weighted by Crippen LogP contribution is -2.55. The molecule has 0 radical (unpaired) electrons. The van der Waals surface area contributed by atoms with Crippen LogP contribution in [-0.2, 0) is 9.47 Å². The van der Waals surface area contributed by atoms with Crippen molar-refractivity contribution >= 4 is 6.09 Å². The fraction of sp³-hybridized carbons (Fsp3) is 0.917. The number of likely N-dealkylation sites (tertiary alicyclic amines) is 1. The molecule has 0 saturated carbocycles. The van der Waals surface area contributed by atoms with Gasteiger partial charge in [-0.1, -0.05) is 0 Å². The molecule has 2 bridgehead atoms. The Morgan fingerprint density at radius 3 is 2.29 bits per heavy atom. The lowest BCUT2D eigenvalue weighted by atomic mass is 9.97. The van der Waals surface area contributed by atoms with Crippen molar-refractivity contribution in [1.82, 2.24) is 4.90 Å². The SMILES string of the molecule is CC(C)(C)OC(=O)N1CC2CC(O)CC(C1)O2. The normalized spacial score (nSPS) is 33.4. The van der Waals surface area contributed by atoms with Gasteiger partial charge in [-0.2, -0.15) is 0 Å². The van der Waals surface area contributed by atoms with E-state index in [9.17, 15) is 9.90 Å². The predicted octanol–water partition coefficient (Wildman–Crippen LogP) is 1.15. The number of ether oxygens (including phenoxy) is 2. The number of aliphatic hydroxyl groups excluding tert-OH is 1. The van der Waals surface area contributed by atoms with E-state index >= 15 is 0 Å². The number of carbonyl (C=O) groups excluding carboxylic acids is 1. The van der Waals surface area contributed by atoms with E-state index in [0.717, 1.165) is 0 Å². The monoisotopic (exact) mass is 243 g/mol. The number of hydrogen-bond acceptors (Lipinski definition) is 4. The van der Waals surface area contributed by atoms with Gasteiger partial charge in [0.25, 0.3) is 0 Å². The second-order valence-electron chi connectivity index (χ2n) is 5.89. The molecule has 98 valence electrons. The number of carbonyl (C=O) groups is 1. The first-order valence-electron chi connectivity index (χ1n) is 6.15. The van der Waals surface area contributed by atoms with Crippen LogP contribution < -0.4 is 0 Å². The van der Waals surface area contributed by atoms with Gasteiger partial charge in [0.05, 0.1) is 31.4 Å². The largest absolute Gasteiger partial charge is 0.444 e. The fourth-order valence-electron chi connectivity index (χ4n) is 2.36. The maximum Gasteiger partial charge on any atom is 0.410 e. The third-order valence-corrected chi connectivity index (χ3v) is 2.95. The number of amides is 1. The predicted molar refractivity (Wildman–Crippen MR) is 61.7 cm³/mol. The van der Waals surface area contributed by atoms with Gasteiger partial charge in [0.15, 0.2) is 0 Å². The lowest BCUT2D eigenvalue weighted by molar-refractivity contribution is -0.142. The Labute approximate surface area is 102 Å². The zero-order valence-electron chi connectivity index (χ0n) is 10.7. The summed E-state index contributed by atoms with van der Waals surface area (Å²) in [4.78, 5) is 13.6. The molecule has 5 heteroatoms. The molecule has 0 spiro atoms. The number of aliphatic hydroxyl groups is 1. The van der Waals surface area contributed by atoms with Crippen LogP contribution in [0.2, 0.25) is 0 Å². The minimum absolute atomic E-state index is 0.0509. The number of hydrogen-bond donors (Lipinski definition) is 1. The third-order valence-electron chi connectivity index (χ3n) is 2.95. The minimum Gasteiger partial charge on any atom is -0.444 e. The van der Waals surface area contributed by atoms with Crippen molar-refractivity contribution in [1.29, 1.82) is 0 Å². The van der Waals surface area contributed by atoms with E-state index in [1.54, 1.807) is 4.90 Å². The Balaban J connectivity index is 1.94. The average Bonchev–Trinajstić information content (AvgIpc) is 2.12. The van der Waals surface area contributed by atoms with Gasteiger partial charge >= 0.3 is 6.09 Å². The summed E-state index contributed by atoms with van der Waals surface area (Å²) in [6.45, 7) is 6.60. The van der Waals surface area contributed by atoms with Gasteiger partial charge in [0.1, 0.15) is 5.60 Å². The van der Waals surface area contributed by atoms with Crippen molar-refractivity contribution < 1.29 is 19.4 Å². The maximum absolute atomic E-state index is 11.9. The first-order valence-corrected chi connectivity index (χ1v) is 6.15. The molecular weight excluding hydrogens is 222 g/mol. The van der Waals surface area contributed by atoms with Gasteiger partial charge in [0.2, 0.25) is 0 Å². The highest BCUT2D eigenvalue weighted by Crippen LogP contribution is 2.26. The second-order valence-corrected chi connectivity index (χ2v) is 5.89. The summed E-state index contributed by atoms with van der Waals surface area (Å²) in [6, 6.07) is 0. The molecule has 2 aliphatic heterocycles. The Morgan fingerprint density at radius 1 is 1.29 bits per heavy atom. The van der Waals surface area contributed by atoms with Crippen LogP contribution in [-0.4, -0.2) is 53.1 Å². The Morgan fingerprint density at radius 2 is 1.82 bits per heavy atom. The zero-order chi connectivity index (χ0) is 12.6. The molecule has 0 aliphatic carbocycles. The topological polar surface area (TPSA) is 59.0 Å². The summed E-state index contributed by atoms with van der Waals surface area (Å²) in [5, 5.41) is 9.61. The van der Waals surface area contributed by atoms with Crippen LogP contribution in [0, 0.1) is 0 Å². The molecule has 2 heterocycles. The summed E-state index contributed by atoms with van der Waals surface area (Å²) in [6.07, 6.45) is 0.535. The van der Waals surface area contributed by atoms with Crippen LogP contribution >= 0.6 is 0 Å². The molecular formula is C12H21NO4. The summed E-state index contributed by atoms with van der Waals surface area (Å²) in [7, 11) is 0. The van der Waals surface area contributed by atoms with E-state index < -0.39 is 5.60 Å². The highest BCUT2D eigenvalue weighted by Gasteiger charge is 2.38. The molecule has 1 amide bonds. The molecule has 2 atom stereocenters. The zero-order valence-corrected chi connectivity index (χ0v) is 10.7. The average molecular weight is 243 g/mol. The van der Waals surface area contributed by atoms with Crippen molar-refractivity contribution in [3.63, 3.8) is 0 Å². The third kappa shape index (κ3) is 3.33. The Kier molecular flexibility index (Phi) is 3.32. The quantitative estimate of drug-likeness (QED) is 0.693. The molecule has 17 heavy (non-hydrogen) atoms. The van der Waals surface area contributed by atoms with Gasteiger partial charge in [0, 0.05) is 12.8 Å². The second kappa shape index (κ2) is 4.46. The molecule has 0 aromatic carbocycles. The van der Waals surface area contributed by atoms with Crippen LogP contribution in [0.4, 0.5) is 4.79 Å². The summed E-state index contributed by atoms with van der Waals surface area (Å²) < 4.78 is 11.0. The van der Waals surface area contributed by atoms with Crippen molar-refractivity contribution in [2.75, 3.05) is 13.1 Å². The minimum atomic E-state index is -0.468. The fourth-order valence-corrected chi connectivity index (χ4v) is 2.36. The number of nitrogens with zero attached hydrogens (tertiary/aromatic N) is 1. The summed E-state index contributed by atoms with van der Waals surface area (Å²) in [5.74, 6) is 0. The van der Waals surface area contributed by atoms with Crippen LogP contribution in [0.25, 0.3) is 0 Å². The van der Waals surface area contributed by atoms with Crippen LogP contribution in [0.5, 0.6) is 0 Å². The standard InChI is InChI=1S/C12H21NO4/c1-12(2,3)17-11(15)13-6-9-4-8(14)5-10(7-13)16-9/h8-10,14H,4-7H2,1-3H3. The number of fused-ring (bicyclic) bond motifs is 2. The van der Waals surface area contributed by atoms with E-state index in [1.165, 1.54) is 0 Å². The molecule has 2 saturated heterocycles. The molecule has 0 aromatic heterocycles.